The first-order chi connectivity index (χ1) is 14.2. The van der Waals surface area contributed by atoms with Gasteiger partial charge in [-0.2, -0.15) is 0 Å². The number of amides is 2. The molecular formula is C24H27NO4S. The molecule has 2 aliphatic rings. The molecule has 0 unspecified atom stereocenters. The number of benzene rings is 2. The number of thioether (sulfide) groups is 1. The predicted molar refractivity (Wildman–Crippen MR) is 118 cm³/mol. The Hall–Kier alpha value is -2.47. The summed E-state index contributed by atoms with van der Waals surface area (Å²) in [5, 5.41) is 12.1. The van der Waals surface area contributed by atoms with Crippen LogP contribution in [0.25, 0.3) is 0 Å². The molecule has 5 nitrogen and oxygen atoms in total. The van der Waals surface area contributed by atoms with Crippen LogP contribution in [-0.2, 0) is 24.1 Å². The lowest BCUT2D eigenvalue weighted by Crippen LogP contribution is -2.39. The van der Waals surface area contributed by atoms with Crippen LogP contribution in [0.15, 0.2) is 24.3 Å². The largest absolute Gasteiger partial charge is 0.507 e. The smallest absolute Gasteiger partial charge is 0.286 e. The van der Waals surface area contributed by atoms with Crippen LogP contribution < -0.4 is 10.1 Å². The molecular weight excluding hydrogens is 398 g/mol. The van der Waals surface area contributed by atoms with Crippen molar-refractivity contribution in [2.75, 3.05) is 0 Å². The summed E-state index contributed by atoms with van der Waals surface area (Å²) in [4.78, 5) is 23.1. The van der Waals surface area contributed by atoms with Crippen molar-refractivity contribution in [2.24, 2.45) is 0 Å². The fourth-order valence-corrected chi connectivity index (χ4v) is 5.25. The van der Waals surface area contributed by atoms with Gasteiger partial charge >= 0.3 is 0 Å². The molecule has 2 amide bonds. The number of fused-ring (bicyclic) bond motifs is 1. The number of hydrogen-bond donors (Lipinski definition) is 2. The molecule has 0 radical (unpaired) electrons. The van der Waals surface area contributed by atoms with E-state index in [1.807, 2.05) is 32.9 Å². The molecule has 6 heteroatoms. The number of carbonyl (C=O) groups excluding carboxylic acids is 2. The zero-order valence-corrected chi connectivity index (χ0v) is 18.6. The molecule has 2 aliphatic heterocycles. The van der Waals surface area contributed by atoms with E-state index in [-0.39, 0.29) is 22.0 Å². The summed E-state index contributed by atoms with van der Waals surface area (Å²) in [6.45, 7) is 8.05. The number of aromatic hydroxyl groups is 1. The molecule has 2 heterocycles. The molecule has 0 bridgehead atoms. The third-order valence-electron chi connectivity index (χ3n) is 6.38. The van der Waals surface area contributed by atoms with E-state index in [4.69, 9.17) is 4.74 Å². The van der Waals surface area contributed by atoms with Gasteiger partial charge in [-0.15, -0.1) is 0 Å². The van der Waals surface area contributed by atoms with Gasteiger partial charge in [0.15, 0.2) is 0 Å². The van der Waals surface area contributed by atoms with Gasteiger partial charge in [0.1, 0.15) is 17.1 Å². The predicted octanol–water partition coefficient (Wildman–Crippen LogP) is 4.54. The number of rotatable bonds is 4. The van der Waals surface area contributed by atoms with Crippen LogP contribution in [0.5, 0.6) is 11.5 Å². The van der Waals surface area contributed by atoms with Gasteiger partial charge in [-0.1, -0.05) is 36.0 Å². The minimum absolute atomic E-state index is 0.206. The molecule has 0 aliphatic carbocycles. The highest BCUT2D eigenvalue weighted by atomic mass is 32.2. The average molecular weight is 426 g/mol. The number of carbonyl (C=O) groups is 2. The highest BCUT2D eigenvalue weighted by Crippen LogP contribution is 2.44. The van der Waals surface area contributed by atoms with Crippen LogP contribution in [-0.4, -0.2) is 27.1 Å². The second-order valence-corrected chi connectivity index (χ2v) is 9.84. The Morgan fingerprint density at radius 3 is 2.40 bits per heavy atom. The molecule has 2 N–H and O–H groups in total. The van der Waals surface area contributed by atoms with Crippen molar-refractivity contribution in [1.29, 1.82) is 0 Å². The monoisotopic (exact) mass is 425 g/mol. The molecule has 0 spiro atoms. The lowest BCUT2D eigenvalue weighted by atomic mass is 9.84. The topological polar surface area (TPSA) is 75.6 Å². The van der Waals surface area contributed by atoms with Gasteiger partial charge in [0.2, 0.25) is 5.91 Å². The fraction of sp³-hybridized carbons (Fsp3) is 0.417. The van der Waals surface area contributed by atoms with Crippen LogP contribution >= 0.6 is 11.8 Å². The maximum Gasteiger partial charge on any atom is 0.286 e. The first kappa shape index (κ1) is 20.8. The highest BCUT2D eigenvalue weighted by Gasteiger charge is 2.35. The molecule has 2 aromatic carbocycles. The summed E-state index contributed by atoms with van der Waals surface area (Å²) in [6, 6.07) is 8.23. The van der Waals surface area contributed by atoms with E-state index in [1.54, 1.807) is 0 Å². The molecule has 30 heavy (non-hydrogen) atoms. The number of ether oxygens (including phenoxy) is 1. The molecule has 0 aromatic heterocycles. The van der Waals surface area contributed by atoms with Crippen molar-refractivity contribution in [3.05, 3.63) is 57.6 Å². The molecule has 0 saturated carbocycles. The minimum atomic E-state index is -0.343. The van der Waals surface area contributed by atoms with Gasteiger partial charge in [0.25, 0.3) is 5.24 Å². The number of nitrogens with one attached hydrogen (secondary N) is 1. The van der Waals surface area contributed by atoms with Gasteiger partial charge in [-0.3, -0.25) is 14.9 Å². The number of imide groups is 1. The lowest BCUT2D eigenvalue weighted by Gasteiger charge is -2.38. The van der Waals surface area contributed by atoms with Crippen LogP contribution in [0, 0.1) is 20.8 Å². The quantitative estimate of drug-likeness (QED) is 0.752. The lowest BCUT2D eigenvalue weighted by molar-refractivity contribution is -0.118. The first-order valence-corrected chi connectivity index (χ1v) is 11.1. The third kappa shape index (κ3) is 3.81. The molecule has 2 aromatic rings. The van der Waals surface area contributed by atoms with Crippen molar-refractivity contribution >= 4 is 22.9 Å². The van der Waals surface area contributed by atoms with Crippen LogP contribution in [0.3, 0.4) is 0 Å². The Morgan fingerprint density at radius 2 is 1.77 bits per heavy atom. The van der Waals surface area contributed by atoms with Crippen molar-refractivity contribution in [3.63, 3.8) is 0 Å². The summed E-state index contributed by atoms with van der Waals surface area (Å²) in [5.41, 5.74) is 5.83. The minimum Gasteiger partial charge on any atom is -0.507 e. The Morgan fingerprint density at radius 1 is 1.10 bits per heavy atom. The maximum absolute atomic E-state index is 11.8. The molecule has 1 saturated heterocycles. The summed E-state index contributed by atoms with van der Waals surface area (Å²) in [7, 11) is 0. The number of hydrogen-bond acceptors (Lipinski definition) is 5. The summed E-state index contributed by atoms with van der Waals surface area (Å²) in [5.74, 6) is 1.09. The van der Waals surface area contributed by atoms with Crippen molar-refractivity contribution in [2.45, 2.75) is 64.2 Å². The standard InChI is InChI=1S/C24H27NO4S/c1-13-14(2)21-18(15(3)20(13)26)9-10-24(4,29-21)12-17-7-5-16(6-8-17)11-19-22(27)25-23(28)30-19/h5-8,19,26H,9-12H2,1-4H3,(H,25,27,28)/t19-,24-/m1/s1. The Balaban J connectivity index is 1.48. The zero-order valence-electron chi connectivity index (χ0n) is 17.8. The molecule has 4 rings (SSSR count). The second kappa shape index (κ2) is 7.65. The van der Waals surface area contributed by atoms with Gasteiger partial charge in [-0.25, -0.2) is 0 Å². The van der Waals surface area contributed by atoms with Gasteiger partial charge in [-0.05, 0) is 74.8 Å². The van der Waals surface area contributed by atoms with Crippen LogP contribution in [0.4, 0.5) is 4.79 Å². The van der Waals surface area contributed by atoms with Gasteiger partial charge in [0.05, 0.1) is 5.25 Å². The summed E-state index contributed by atoms with van der Waals surface area (Å²) >= 11 is 1.06. The Labute approximate surface area is 181 Å². The van der Waals surface area contributed by atoms with E-state index in [1.165, 1.54) is 5.56 Å². The number of phenolic OH excluding ortho intramolecular Hbond substituents is 1. The number of phenols is 1. The summed E-state index contributed by atoms with van der Waals surface area (Å²) < 4.78 is 6.53. The molecule has 2 atom stereocenters. The van der Waals surface area contributed by atoms with Crippen LogP contribution in [0.2, 0.25) is 0 Å². The fourth-order valence-electron chi connectivity index (χ4n) is 4.39. The SMILES string of the molecule is Cc1c(C)c2c(c(C)c1O)CC[C@](C)(Cc1ccc(C[C@H]3SC(=O)NC3=O)cc1)O2. The average Bonchev–Trinajstić information content (AvgIpc) is 3.02. The van der Waals surface area contributed by atoms with E-state index < -0.39 is 0 Å². The Kier molecular flexibility index (Phi) is 5.30. The van der Waals surface area contributed by atoms with Gasteiger partial charge in [0, 0.05) is 12.0 Å². The molecule has 158 valence electrons. The van der Waals surface area contributed by atoms with E-state index in [0.717, 1.165) is 64.6 Å². The summed E-state index contributed by atoms with van der Waals surface area (Å²) in [6.07, 6.45) is 3.09. The van der Waals surface area contributed by atoms with Crippen molar-refractivity contribution in [3.8, 4) is 11.5 Å². The maximum atomic E-state index is 11.8. The van der Waals surface area contributed by atoms with Gasteiger partial charge < -0.3 is 9.84 Å². The van der Waals surface area contributed by atoms with Crippen molar-refractivity contribution in [1.82, 2.24) is 5.32 Å². The first-order valence-electron chi connectivity index (χ1n) is 10.3. The molecule has 1 fully saturated rings. The van der Waals surface area contributed by atoms with E-state index >= 15 is 0 Å². The highest BCUT2D eigenvalue weighted by molar-refractivity contribution is 8.15. The zero-order chi connectivity index (χ0) is 21.6. The van der Waals surface area contributed by atoms with Crippen molar-refractivity contribution < 1.29 is 19.4 Å². The normalized spacial score (nSPS) is 23.1. The van der Waals surface area contributed by atoms with Crippen LogP contribution in [0.1, 0.15) is 46.7 Å². The Bertz CT molecular complexity index is 1030. The second-order valence-electron chi connectivity index (χ2n) is 8.66. The van der Waals surface area contributed by atoms with E-state index in [0.29, 0.717) is 12.2 Å². The van der Waals surface area contributed by atoms with E-state index in [2.05, 4.69) is 24.4 Å². The van der Waals surface area contributed by atoms with E-state index in [9.17, 15) is 14.7 Å². The third-order valence-corrected chi connectivity index (χ3v) is 7.36.